The van der Waals surface area contributed by atoms with Crippen molar-refractivity contribution in [1.82, 2.24) is 4.90 Å². The molecule has 5 nitrogen and oxygen atoms in total. The summed E-state index contributed by atoms with van der Waals surface area (Å²) in [5.41, 5.74) is 2.00. The molecule has 6 heteroatoms. The fraction of sp³-hybridized carbons (Fsp3) is 0.188. The number of nitrogens with one attached hydrogen (secondary N) is 1. The Bertz CT molecular complexity index is 741. The van der Waals surface area contributed by atoms with E-state index in [2.05, 4.69) is 4.72 Å². The van der Waals surface area contributed by atoms with E-state index in [4.69, 9.17) is 0 Å². The van der Waals surface area contributed by atoms with Crippen molar-refractivity contribution in [2.75, 3.05) is 18.0 Å². The summed E-state index contributed by atoms with van der Waals surface area (Å²) in [6.45, 7) is 0.517. The smallest absolute Gasteiger partial charge is 0.253 e. The Hall–Kier alpha value is -2.34. The molecule has 0 bridgehead atoms. The van der Waals surface area contributed by atoms with Crippen molar-refractivity contribution in [3.05, 3.63) is 65.7 Å². The standard InChI is InChI=1S/C16H18N2O3S/c1-18(12-13-6-4-3-5-7-13)16(19)14-8-10-15(11-9-14)17-22(2,20)21/h3-11,17H,12H2,1-2H3. The molecule has 1 N–H and O–H groups in total. The molecule has 2 rings (SSSR count). The van der Waals surface area contributed by atoms with Gasteiger partial charge in [-0.3, -0.25) is 9.52 Å². The van der Waals surface area contributed by atoms with E-state index in [9.17, 15) is 13.2 Å². The van der Waals surface area contributed by atoms with Gasteiger partial charge in [-0.25, -0.2) is 8.42 Å². The van der Waals surface area contributed by atoms with Crippen molar-refractivity contribution >= 4 is 21.6 Å². The van der Waals surface area contributed by atoms with Gasteiger partial charge in [0, 0.05) is 24.8 Å². The van der Waals surface area contributed by atoms with Crippen LogP contribution in [-0.4, -0.2) is 32.5 Å². The van der Waals surface area contributed by atoms with Gasteiger partial charge in [-0.2, -0.15) is 0 Å². The molecule has 0 radical (unpaired) electrons. The molecule has 2 aromatic carbocycles. The molecule has 0 aliphatic rings. The van der Waals surface area contributed by atoms with E-state index in [0.29, 0.717) is 17.8 Å². The number of amides is 1. The first-order valence-corrected chi connectivity index (χ1v) is 8.61. The van der Waals surface area contributed by atoms with E-state index in [-0.39, 0.29) is 5.91 Å². The van der Waals surface area contributed by atoms with Gasteiger partial charge in [0.2, 0.25) is 10.0 Å². The minimum absolute atomic E-state index is 0.116. The number of hydrogen-bond donors (Lipinski definition) is 1. The van der Waals surface area contributed by atoms with E-state index in [1.54, 1.807) is 36.2 Å². The van der Waals surface area contributed by atoms with Gasteiger partial charge >= 0.3 is 0 Å². The molecule has 2 aromatic rings. The first kappa shape index (κ1) is 16.0. The molecule has 0 aliphatic carbocycles. The number of nitrogens with zero attached hydrogens (tertiary/aromatic N) is 1. The van der Waals surface area contributed by atoms with Crippen molar-refractivity contribution < 1.29 is 13.2 Å². The highest BCUT2D eigenvalue weighted by molar-refractivity contribution is 7.92. The number of carbonyl (C=O) groups excluding carboxylic acids is 1. The lowest BCUT2D eigenvalue weighted by Gasteiger charge is -2.17. The second-order valence-electron chi connectivity index (χ2n) is 5.10. The molecule has 0 fully saturated rings. The van der Waals surface area contributed by atoms with Gasteiger partial charge in [0.25, 0.3) is 5.91 Å². The average molecular weight is 318 g/mol. The van der Waals surface area contributed by atoms with Crippen molar-refractivity contribution in [2.45, 2.75) is 6.54 Å². The van der Waals surface area contributed by atoms with Crippen molar-refractivity contribution in [2.24, 2.45) is 0 Å². The number of hydrogen-bond acceptors (Lipinski definition) is 3. The molecule has 0 saturated carbocycles. The lowest BCUT2D eigenvalue weighted by Crippen LogP contribution is -2.26. The summed E-state index contributed by atoms with van der Waals surface area (Å²) < 4.78 is 24.7. The van der Waals surface area contributed by atoms with Crippen molar-refractivity contribution in [3.8, 4) is 0 Å². The molecule has 1 amide bonds. The third-order valence-electron chi connectivity index (χ3n) is 3.04. The van der Waals surface area contributed by atoms with E-state index >= 15 is 0 Å². The van der Waals surface area contributed by atoms with Crippen LogP contribution in [-0.2, 0) is 16.6 Å². The van der Waals surface area contributed by atoms with Crippen LogP contribution < -0.4 is 4.72 Å². The second-order valence-corrected chi connectivity index (χ2v) is 6.85. The molecule has 22 heavy (non-hydrogen) atoms. The SMILES string of the molecule is CN(Cc1ccccc1)C(=O)c1ccc(NS(C)(=O)=O)cc1. The molecule has 0 unspecified atom stereocenters. The summed E-state index contributed by atoms with van der Waals surface area (Å²) in [7, 11) is -1.58. The van der Waals surface area contributed by atoms with Crippen LogP contribution in [0.2, 0.25) is 0 Å². The van der Waals surface area contributed by atoms with Crippen LogP contribution in [0.3, 0.4) is 0 Å². The van der Waals surface area contributed by atoms with E-state index in [1.165, 1.54) is 0 Å². The van der Waals surface area contributed by atoms with Crippen LogP contribution in [0.1, 0.15) is 15.9 Å². The Kier molecular flexibility index (Phi) is 4.82. The van der Waals surface area contributed by atoms with Crippen LogP contribution in [0.25, 0.3) is 0 Å². The highest BCUT2D eigenvalue weighted by Crippen LogP contribution is 2.13. The predicted octanol–water partition coefficient (Wildman–Crippen LogP) is 2.33. The van der Waals surface area contributed by atoms with Crippen LogP contribution >= 0.6 is 0 Å². The van der Waals surface area contributed by atoms with Crippen LogP contribution in [0.5, 0.6) is 0 Å². The van der Waals surface area contributed by atoms with Gasteiger partial charge in [-0.1, -0.05) is 30.3 Å². The Morgan fingerprint density at radius 1 is 1.05 bits per heavy atom. The van der Waals surface area contributed by atoms with Gasteiger partial charge in [0.05, 0.1) is 6.26 Å². The number of benzene rings is 2. The lowest BCUT2D eigenvalue weighted by molar-refractivity contribution is 0.0785. The van der Waals surface area contributed by atoms with Crippen molar-refractivity contribution in [3.63, 3.8) is 0 Å². The zero-order valence-corrected chi connectivity index (χ0v) is 13.3. The zero-order chi connectivity index (χ0) is 16.2. The first-order chi connectivity index (χ1) is 10.3. The summed E-state index contributed by atoms with van der Waals surface area (Å²) in [6, 6.07) is 16.1. The molecule has 0 atom stereocenters. The number of rotatable bonds is 5. The molecule has 0 aliphatic heterocycles. The largest absolute Gasteiger partial charge is 0.337 e. The summed E-state index contributed by atoms with van der Waals surface area (Å²) in [4.78, 5) is 14.0. The van der Waals surface area contributed by atoms with Gasteiger partial charge in [0.15, 0.2) is 0 Å². The van der Waals surface area contributed by atoms with Crippen LogP contribution in [0.4, 0.5) is 5.69 Å². The Morgan fingerprint density at radius 2 is 1.64 bits per heavy atom. The predicted molar refractivity (Wildman–Crippen MR) is 87.1 cm³/mol. The topological polar surface area (TPSA) is 66.5 Å². The molecule has 0 saturated heterocycles. The van der Waals surface area contributed by atoms with Crippen LogP contribution in [0, 0.1) is 0 Å². The zero-order valence-electron chi connectivity index (χ0n) is 12.5. The molecule has 0 aromatic heterocycles. The number of carbonyl (C=O) groups is 1. The Balaban J connectivity index is 2.06. The molecule has 116 valence electrons. The highest BCUT2D eigenvalue weighted by atomic mass is 32.2. The van der Waals surface area contributed by atoms with Crippen molar-refractivity contribution in [1.29, 1.82) is 0 Å². The second kappa shape index (κ2) is 6.62. The van der Waals surface area contributed by atoms with Gasteiger partial charge in [-0.15, -0.1) is 0 Å². The summed E-state index contributed by atoms with van der Waals surface area (Å²) >= 11 is 0. The molecular formula is C16H18N2O3S. The first-order valence-electron chi connectivity index (χ1n) is 6.72. The average Bonchev–Trinajstić information content (AvgIpc) is 2.46. The molecular weight excluding hydrogens is 300 g/mol. The Labute approximate surface area is 130 Å². The summed E-state index contributed by atoms with van der Waals surface area (Å²) in [5, 5.41) is 0. The molecule has 0 heterocycles. The monoisotopic (exact) mass is 318 g/mol. The third-order valence-corrected chi connectivity index (χ3v) is 3.65. The fourth-order valence-corrected chi connectivity index (χ4v) is 2.61. The summed E-state index contributed by atoms with van der Waals surface area (Å²) in [5.74, 6) is -0.116. The third kappa shape index (κ3) is 4.60. The Morgan fingerprint density at radius 3 is 2.18 bits per heavy atom. The minimum Gasteiger partial charge on any atom is -0.337 e. The summed E-state index contributed by atoms with van der Waals surface area (Å²) in [6.07, 6.45) is 1.08. The molecule has 0 spiro atoms. The maximum Gasteiger partial charge on any atom is 0.253 e. The minimum atomic E-state index is -3.31. The van der Waals surface area contributed by atoms with Crippen LogP contribution in [0.15, 0.2) is 54.6 Å². The van der Waals surface area contributed by atoms with Gasteiger partial charge in [0.1, 0.15) is 0 Å². The van der Waals surface area contributed by atoms with E-state index in [0.717, 1.165) is 11.8 Å². The maximum atomic E-state index is 12.3. The quantitative estimate of drug-likeness (QED) is 0.920. The fourth-order valence-electron chi connectivity index (χ4n) is 2.04. The highest BCUT2D eigenvalue weighted by Gasteiger charge is 2.12. The lowest BCUT2D eigenvalue weighted by atomic mass is 10.1. The van der Waals surface area contributed by atoms with E-state index < -0.39 is 10.0 Å². The maximum absolute atomic E-state index is 12.3. The number of anilines is 1. The van der Waals surface area contributed by atoms with Gasteiger partial charge in [-0.05, 0) is 29.8 Å². The normalized spacial score (nSPS) is 11.0. The van der Waals surface area contributed by atoms with Gasteiger partial charge < -0.3 is 4.90 Å². The number of sulfonamides is 1. The van der Waals surface area contributed by atoms with E-state index in [1.807, 2.05) is 30.3 Å².